The van der Waals surface area contributed by atoms with Gasteiger partial charge in [0.1, 0.15) is 5.71 Å². The number of aromatic nitrogens is 1. The lowest BCUT2D eigenvalue weighted by Crippen LogP contribution is -2.21. The first-order valence-electron chi connectivity index (χ1n) is 18.2. The first-order chi connectivity index (χ1) is 24.9. The fourth-order valence-electron chi connectivity index (χ4n) is 6.99. The van der Waals surface area contributed by atoms with Gasteiger partial charge in [0.15, 0.2) is 0 Å². The molecule has 1 saturated carbocycles. The van der Waals surface area contributed by atoms with E-state index >= 15 is 0 Å². The van der Waals surface area contributed by atoms with E-state index in [0.717, 1.165) is 78.2 Å². The van der Waals surface area contributed by atoms with E-state index in [-0.39, 0.29) is 11.5 Å². The summed E-state index contributed by atoms with van der Waals surface area (Å²) >= 11 is 0. The molecule has 262 valence electrons. The summed E-state index contributed by atoms with van der Waals surface area (Å²) in [4.78, 5) is 50.4. The van der Waals surface area contributed by atoms with E-state index in [0.29, 0.717) is 41.9 Å². The lowest BCUT2D eigenvalue weighted by molar-refractivity contribution is 0.0505. The fourth-order valence-corrected chi connectivity index (χ4v) is 6.99. The quantitative estimate of drug-likeness (QED) is 0.0502. The minimum Gasteiger partial charge on any atom is -0.341 e. The van der Waals surface area contributed by atoms with Crippen LogP contribution in [0.25, 0.3) is 21.8 Å². The molecule has 0 bridgehead atoms. The van der Waals surface area contributed by atoms with Crippen LogP contribution in [0.3, 0.4) is 0 Å². The first kappa shape index (κ1) is 35.5. The number of carbonyl (C=O) groups excluding carboxylic acids is 3. The van der Waals surface area contributed by atoms with E-state index in [1.54, 1.807) is 48.5 Å². The average molecular weight is 684 g/mol. The molecule has 0 radical (unpaired) electrons. The first-order valence-corrected chi connectivity index (χ1v) is 18.2. The molecule has 0 atom stereocenters. The molecular weight excluding hydrogens is 638 g/mol. The van der Waals surface area contributed by atoms with Crippen molar-refractivity contribution in [3.63, 3.8) is 0 Å². The smallest absolute Gasteiger partial charge is 0.341 e. The maximum atomic E-state index is 14.2. The van der Waals surface area contributed by atoms with Crippen molar-refractivity contribution >= 4 is 51.0 Å². The Kier molecular flexibility index (Phi) is 11.8. The molecule has 8 heteroatoms. The molecule has 1 heterocycles. The molecule has 1 aliphatic rings. The predicted octanol–water partition coefficient (Wildman–Crippen LogP) is 10.1. The van der Waals surface area contributed by atoms with Crippen LogP contribution in [-0.2, 0) is 22.6 Å². The second-order valence-corrected chi connectivity index (χ2v) is 13.3. The molecule has 0 amide bonds. The minimum atomic E-state index is -0.588. The number of aryl methyl sites for hydroxylation is 1. The summed E-state index contributed by atoms with van der Waals surface area (Å²) in [5.41, 5.74) is 5.54. The predicted molar refractivity (Wildman–Crippen MR) is 202 cm³/mol. The Labute approximate surface area is 299 Å². The lowest BCUT2D eigenvalue weighted by atomic mass is 9.84. The summed E-state index contributed by atoms with van der Waals surface area (Å²) in [7, 11) is 0. The zero-order valence-electron chi connectivity index (χ0n) is 29.5. The number of rotatable bonds is 14. The van der Waals surface area contributed by atoms with Crippen molar-refractivity contribution in [2.75, 3.05) is 0 Å². The van der Waals surface area contributed by atoms with E-state index in [4.69, 9.17) is 9.68 Å². The Bertz CT molecular complexity index is 2060. The zero-order valence-corrected chi connectivity index (χ0v) is 29.5. The third-order valence-corrected chi connectivity index (χ3v) is 9.72. The second-order valence-electron chi connectivity index (χ2n) is 13.3. The number of hydrogen-bond donors (Lipinski definition) is 0. The van der Waals surface area contributed by atoms with E-state index in [1.807, 2.05) is 30.3 Å². The molecule has 6 rings (SSSR count). The van der Waals surface area contributed by atoms with Crippen molar-refractivity contribution in [1.82, 2.24) is 4.57 Å². The third kappa shape index (κ3) is 8.69. The molecule has 0 N–H and O–H groups in total. The van der Waals surface area contributed by atoms with Crippen LogP contribution in [-0.4, -0.2) is 33.7 Å². The summed E-state index contributed by atoms with van der Waals surface area (Å²) in [6.07, 6.45) is 9.13. The molecule has 4 aromatic carbocycles. The van der Waals surface area contributed by atoms with Crippen LogP contribution in [0.4, 0.5) is 0 Å². The Morgan fingerprint density at radius 2 is 1.31 bits per heavy atom. The maximum Gasteiger partial charge on any atom is 0.365 e. The van der Waals surface area contributed by atoms with Gasteiger partial charge in [-0.2, -0.15) is 0 Å². The van der Waals surface area contributed by atoms with Gasteiger partial charge < -0.3 is 14.2 Å². The van der Waals surface area contributed by atoms with E-state index in [2.05, 4.69) is 46.9 Å². The molecule has 0 spiro atoms. The van der Waals surface area contributed by atoms with Crippen molar-refractivity contribution < 1.29 is 24.1 Å². The monoisotopic (exact) mass is 683 g/mol. The molecule has 0 unspecified atom stereocenters. The van der Waals surface area contributed by atoms with Crippen LogP contribution in [0.5, 0.6) is 0 Å². The van der Waals surface area contributed by atoms with Crippen molar-refractivity contribution in [3.8, 4) is 0 Å². The number of nitrogens with zero attached hydrogens (tertiary/aromatic N) is 3. The molecule has 51 heavy (non-hydrogen) atoms. The Balaban J connectivity index is 1.31. The van der Waals surface area contributed by atoms with Gasteiger partial charge in [-0.3, -0.25) is 4.79 Å². The Morgan fingerprint density at radius 3 is 1.94 bits per heavy atom. The van der Waals surface area contributed by atoms with Crippen LogP contribution in [0.15, 0.2) is 107 Å². The van der Waals surface area contributed by atoms with Gasteiger partial charge in [-0.05, 0) is 92.3 Å². The van der Waals surface area contributed by atoms with Crippen LogP contribution < -0.4 is 0 Å². The van der Waals surface area contributed by atoms with E-state index in [9.17, 15) is 14.4 Å². The summed E-state index contributed by atoms with van der Waals surface area (Å²) in [5.74, 6) is -0.980. The third-order valence-electron chi connectivity index (χ3n) is 9.72. The van der Waals surface area contributed by atoms with Gasteiger partial charge in [0, 0.05) is 40.3 Å². The number of fused-ring (bicyclic) bond motifs is 3. The van der Waals surface area contributed by atoms with Crippen LogP contribution in [0.1, 0.15) is 108 Å². The van der Waals surface area contributed by atoms with Gasteiger partial charge in [0.05, 0.1) is 16.8 Å². The molecule has 1 aliphatic carbocycles. The van der Waals surface area contributed by atoms with E-state index < -0.39 is 11.9 Å². The number of benzene rings is 4. The largest absolute Gasteiger partial charge is 0.365 e. The van der Waals surface area contributed by atoms with Gasteiger partial charge in [0.25, 0.3) is 0 Å². The van der Waals surface area contributed by atoms with Crippen LogP contribution in [0.2, 0.25) is 0 Å². The van der Waals surface area contributed by atoms with Crippen LogP contribution >= 0.6 is 0 Å². The van der Waals surface area contributed by atoms with E-state index in [1.165, 1.54) is 6.42 Å². The van der Waals surface area contributed by atoms with Gasteiger partial charge in [0.2, 0.25) is 5.78 Å². The Hall–Kier alpha value is -5.37. The number of oxime groups is 2. The average Bonchev–Trinajstić information content (AvgIpc) is 3.50. The topological polar surface area (TPSA) is 99.3 Å². The maximum absolute atomic E-state index is 14.2. The van der Waals surface area contributed by atoms with Crippen molar-refractivity contribution in [2.45, 2.75) is 84.6 Å². The molecule has 5 aromatic rings. The molecule has 1 aromatic heterocycles. The number of unbranched alkanes of at least 4 members (excludes halogenated alkanes) is 1. The molecule has 8 nitrogen and oxygen atoms in total. The SMILES string of the molecule is CCCCC(Cc1ccc2c(c1)c1cc(C(=O)C(CC3CCCCC3)=NOC(=O)c3ccccc3)ccc1n2CC)=NOC(=O)c1ccccc1. The van der Waals surface area contributed by atoms with Gasteiger partial charge >= 0.3 is 11.9 Å². The van der Waals surface area contributed by atoms with Crippen molar-refractivity contribution in [2.24, 2.45) is 16.2 Å². The highest BCUT2D eigenvalue weighted by atomic mass is 16.7. The lowest BCUT2D eigenvalue weighted by Gasteiger charge is -2.21. The molecule has 0 aliphatic heterocycles. The number of ketones is 1. The van der Waals surface area contributed by atoms with Crippen molar-refractivity contribution in [3.05, 3.63) is 119 Å². The second kappa shape index (κ2) is 17.0. The highest BCUT2D eigenvalue weighted by molar-refractivity contribution is 6.46. The number of carbonyl (C=O) groups is 3. The molecule has 1 fully saturated rings. The van der Waals surface area contributed by atoms with Crippen LogP contribution in [0, 0.1) is 5.92 Å². The van der Waals surface area contributed by atoms with Gasteiger partial charge in [-0.15, -0.1) is 0 Å². The van der Waals surface area contributed by atoms with Gasteiger partial charge in [-0.25, -0.2) is 9.59 Å². The highest BCUT2D eigenvalue weighted by Gasteiger charge is 2.24. The Morgan fingerprint density at radius 1 is 0.706 bits per heavy atom. The summed E-state index contributed by atoms with van der Waals surface area (Å²) in [6.45, 7) is 4.99. The fraction of sp³-hybridized carbons (Fsp3) is 0.326. The number of Topliss-reactive ketones (excluding diaryl/α,β-unsaturated/α-hetero) is 1. The summed E-state index contributed by atoms with van der Waals surface area (Å²) in [5, 5.41) is 10.5. The normalized spacial score (nSPS) is 14.2. The molecule has 0 saturated heterocycles. The highest BCUT2D eigenvalue weighted by Crippen LogP contribution is 2.32. The number of hydrogen-bond acceptors (Lipinski definition) is 7. The van der Waals surface area contributed by atoms with Gasteiger partial charge in [-0.1, -0.05) is 98.2 Å². The minimum absolute atomic E-state index is 0.230. The summed E-state index contributed by atoms with van der Waals surface area (Å²) in [6, 6.07) is 29.7. The standard InChI is InChI=1S/C43H45N3O5/c1-3-5-21-35(44-50-42(48)32-17-11-7-12-18-32)26-31-22-24-39-36(27-31)37-29-34(23-25-40(37)46(39)4-2)41(47)38(28-30-15-9-6-10-16-30)45-51-43(49)33-19-13-8-14-20-33/h7-8,11-14,17-20,22-25,27,29-30H,3-6,9-10,15-16,21,26,28H2,1-2H3. The summed E-state index contributed by atoms with van der Waals surface area (Å²) < 4.78 is 2.25. The van der Waals surface area contributed by atoms with Crippen molar-refractivity contribution in [1.29, 1.82) is 0 Å². The molecular formula is C43H45N3O5. The zero-order chi connectivity index (χ0) is 35.6.